The lowest BCUT2D eigenvalue weighted by Gasteiger charge is -2.04. The van der Waals surface area contributed by atoms with Crippen LogP contribution in [-0.4, -0.2) is 29.9 Å². The fourth-order valence-corrected chi connectivity index (χ4v) is 1.68. The predicted octanol–water partition coefficient (Wildman–Crippen LogP) is 1.47. The first-order valence-electron chi connectivity index (χ1n) is 4.05. The molecule has 0 aromatic carbocycles. The van der Waals surface area contributed by atoms with Gasteiger partial charge in [0.15, 0.2) is 0 Å². The average Bonchev–Trinajstić information content (AvgIpc) is 2.52. The molecule has 1 heterocycles. The zero-order valence-corrected chi connectivity index (χ0v) is 8.19. The molecule has 0 aromatic heterocycles. The van der Waals surface area contributed by atoms with Crippen LogP contribution in [0.4, 0.5) is 0 Å². The summed E-state index contributed by atoms with van der Waals surface area (Å²) in [4.78, 5) is 15.4. The van der Waals surface area contributed by atoms with Gasteiger partial charge in [-0.05, 0) is 26.0 Å². The number of nitrogens with zero attached hydrogens (tertiary/aromatic N) is 1. The van der Waals surface area contributed by atoms with Gasteiger partial charge in [-0.25, -0.2) is 4.79 Å². The second-order valence-corrected chi connectivity index (χ2v) is 3.41. The predicted molar refractivity (Wildman–Crippen MR) is 50.6 cm³/mol. The summed E-state index contributed by atoms with van der Waals surface area (Å²) in [5.41, 5.74) is 0. The van der Waals surface area contributed by atoms with E-state index in [1.807, 2.05) is 13.2 Å². The van der Waals surface area contributed by atoms with E-state index in [9.17, 15) is 4.79 Å². The topological polar surface area (TPSA) is 38.7 Å². The third-order valence-corrected chi connectivity index (χ3v) is 2.51. The monoisotopic (exact) mass is 187 g/mol. The molecule has 1 aliphatic heterocycles. The summed E-state index contributed by atoms with van der Waals surface area (Å²) in [5, 5.41) is 1.06. The lowest BCUT2D eigenvalue weighted by molar-refractivity contribution is -0.144. The van der Waals surface area contributed by atoms with Gasteiger partial charge < -0.3 is 4.74 Å². The van der Waals surface area contributed by atoms with Gasteiger partial charge in [0.05, 0.1) is 11.7 Å². The van der Waals surface area contributed by atoms with Crippen LogP contribution >= 0.6 is 11.8 Å². The van der Waals surface area contributed by atoms with Crippen molar-refractivity contribution in [2.75, 3.05) is 12.9 Å². The molecule has 0 bridgehead atoms. The molecule has 0 saturated heterocycles. The Hall–Kier alpha value is -0.510. The van der Waals surface area contributed by atoms with Crippen LogP contribution in [0.15, 0.2) is 4.99 Å². The first kappa shape index (κ1) is 9.58. The van der Waals surface area contributed by atoms with Gasteiger partial charge in [-0.2, -0.15) is 0 Å². The largest absolute Gasteiger partial charge is 0.464 e. The summed E-state index contributed by atoms with van der Waals surface area (Å²) in [5.74, 6) is -0.179. The molecule has 0 amide bonds. The van der Waals surface area contributed by atoms with Crippen molar-refractivity contribution in [1.82, 2.24) is 0 Å². The van der Waals surface area contributed by atoms with Gasteiger partial charge in [-0.1, -0.05) is 0 Å². The lowest BCUT2D eigenvalue weighted by Crippen LogP contribution is -2.18. The number of thioether (sulfide) groups is 1. The number of carbonyl (C=O) groups is 1. The van der Waals surface area contributed by atoms with Crippen molar-refractivity contribution in [2.24, 2.45) is 4.99 Å². The quantitative estimate of drug-likeness (QED) is 0.614. The van der Waals surface area contributed by atoms with Crippen LogP contribution in [-0.2, 0) is 9.53 Å². The molecule has 0 aromatic rings. The third kappa shape index (κ3) is 2.24. The lowest BCUT2D eigenvalue weighted by atomic mass is 10.2. The van der Waals surface area contributed by atoms with Crippen molar-refractivity contribution < 1.29 is 9.53 Å². The van der Waals surface area contributed by atoms with E-state index in [2.05, 4.69) is 4.99 Å². The Morgan fingerprint density at radius 2 is 2.58 bits per heavy atom. The summed E-state index contributed by atoms with van der Waals surface area (Å²) >= 11 is 1.61. The van der Waals surface area contributed by atoms with Crippen LogP contribution in [0.1, 0.15) is 19.8 Å². The maximum absolute atomic E-state index is 11.2. The van der Waals surface area contributed by atoms with Crippen molar-refractivity contribution in [2.45, 2.75) is 25.8 Å². The number of hydrogen-bond donors (Lipinski definition) is 0. The fraction of sp³-hybridized carbons (Fsp3) is 0.750. The maximum atomic E-state index is 11.2. The van der Waals surface area contributed by atoms with E-state index in [1.165, 1.54) is 0 Å². The second-order valence-electron chi connectivity index (χ2n) is 2.53. The van der Waals surface area contributed by atoms with E-state index in [4.69, 9.17) is 4.74 Å². The second kappa shape index (κ2) is 4.50. The van der Waals surface area contributed by atoms with Crippen LogP contribution in [0.3, 0.4) is 0 Å². The highest BCUT2D eigenvalue weighted by atomic mass is 32.2. The molecular formula is C8H13NO2S. The van der Waals surface area contributed by atoms with Crippen LogP contribution < -0.4 is 0 Å². The summed E-state index contributed by atoms with van der Waals surface area (Å²) in [6.07, 6.45) is 3.71. The molecule has 1 atom stereocenters. The first-order valence-corrected chi connectivity index (χ1v) is 5.27. The van der Waals surface area contributed by atoms with E-state index < -0.39 is 0 Å². The first-order chi connectivity index (χ1) is 5.77. The Morgan fingerprint density at radius 1 is 1.83 bits per heavy atom. The number of hydrogen-bond acceptors (Lipinski definition) is 4. The van der Waals surface area contributed by atoms with E-state index in [0.29, 0.717) is 6.61 Å². The van der Waals surface area contributed by atoms with E-state index in [1.54, 1.807) is 11.8 Å². The number of esters is 1. The van der Waals surface area contributed by atoms with Crippen LogP contribution in [0.25, 0.3) is 0 Å². The molecule has 1 rings (SSSR count). The fourth-order valence-electron chi connectivity index (χ4n) is 1.13. The minimum atomic E-state index is -0.229. The maximum Gasteiger partial charge on any atom is 0.330 e. The van der Waals surface area contributed by atoms with Crippen molar-refractivity contribution in [1.29, 1.82) is 0 Å². The molecule has 0 fully saturated rings. The summed E-state index contributed by atoms with van der Waals surface area (Å²) in [7, 11) is 0. The molecule has 0 N–H and O–H groups in total. The van der Waals surface area contributed by atoms with E-state index in [0.717, 1.165) is 17.9 Å². The zero-order chi connectivity index (χ0) is 8.97. The highest BCUT2D eigenvalue weighted by Gasteiger charge is 2.24. The minimum absolute atomic E-state index is 0.179. The minimum Gasteiger partial charge on any atom is -0.464 e. The molecule has 0 saturated carbocycles. The van der Waals surface area contributed by atoms with Crippen molar-refractivity contribution in [3.05, 3.63) is 0 Å². The Labute approximate surface area is 76.6 Å². The standard InChI is InChI=1S/C8H13NO2S/c1-3-11-8(10)6-4-5-7(9-6)12-2/h6H,3-5H2,1-2H3. The molecule has 12 heavy (non-hydrogen) atoms. The third-order valence-electron chi connectivity index (χ3n) is 1.73. The molecule has 3 nitrogen and oxygen atoms in total. The van der Waals surface area contributed by atoms with Crippen LogP contribution in [0.5, 0.6) is 0 Å². The Kier molecular flexibility index (Phi) is 3.59. The summed E-state index contributed by atoms with van der Waals surface area (Å²) in [6, 6.07) is -0.229. The molecular weight excluding hydrogens is 174 g/mol. The van der Waals surface area contributed by atoms with E-state index in [-0.39, 0.29) is 12.0 Å². The van der Waals surface area contributed by atoms with Gasteiger partial charge in [-0.3, -0.25) is 4.99 Å². The Morgan fingerprint density at radius 3 is 3.08 bits per heavy atom. The van der Waals surface area contributed by atoms with Crippen LogP contribution in [0, 0.1) is 0 Å². The molecule has 4 heteroatoms. The summed E-state index contributed by atoms with van der Waals surface area (Å²) < 4.78 is 4.86. The number of rotatable bonds is 2. The number of aliphatic imine (C=N–C) groups is 1. The molecule has 0 radical (unpaired) electrons. The number of carbonyl (C=O) groups excluding carboxylic acids is 1. The Balaban J connectivity index is 2.45. The van der Waals surface area contributed by atoms with Gasteiger partial charge >= 0.3 is 5.97 Å². The van der Waals surface area contributed by atoms with Gasteiger partial charge in [0.1, 0.15) is 6.04 Å². The molecule has 0 aliphatic carbocycles. The normalized spacial score (nSPS) is 22.2. The molecule has 1 aliphatic rings. The Bertz CT molecular complexity index is 203. The number of ether oxygens (including phenoxy) is 1. The van der Waals surface area contributed by atoms with E-state index >= 15 is 0 Å². The zero-order valence-electron chi connectivity index (χ0n) is 7.37. The molecule has 0 spiro atoms. The highest BCUT2D eigenvalue weighted by Crippen LogP contribution is 2.19. The van der Waals surface area contributed by atoms with Gasteiger partial charge in [0.25, 0.3) is 0 Å². The molecule has 68 valence electrons. The van der Waals surface area contributed by atoms with Crippen molar-refractivity contribution >= 4 is 22.8 Å². The van der Waals surface area contributed by atoms with Crippen molar-refractivity contribution in [3.8, 4) is 0 Å². The highest BCUT2D eigenvalue weighted by molar-refractivity contribution is 8.13. The van der Waals surface area contributed by atoms with Crippen molar-refractivity contribution in [3.63, 3.8) is 0 Å². The molecule has 1 unspecified atom stereocenters. The van der Waals surface area contributed by atoms with Gasteiger partial charge in [0.2, 0.25) is 0 Å². The SMILES string of the molecule is CCOC(=O)C1CCC(SC)=N1. The summed E-state index contributed by atoms with van der Waals surface area (Å²) in [6.45, 7) is 2.26. The van der Waals surface area contributed by atoms with Gasteiger partial charge in [0, 0.05) is 0 Å². The van der Waals surface area contributed by atoms with Crippen LogP contribution in [0.2, 0.25) is 0 Å². The average molecular weight is 187 g/mol. The van der Waals surface area contributed by atoms with Gasteiger partial charge in [-0.15, -0.1) is 11.8 Å². The smallest absolute Gasteiger partial charge is 0.330 e.